The molecule has 1 aliphatic heterocycles. The maximum absolute atomic E-state index is 13.4. The Morgan fingerprint density at radius 3 is 2.12 bits per heavy atom. The minimum absolute atomic E-state index is 0.0551. The summed E-state index contributed by atoms with van der Waals surface area (Å²) in [6.45, 7) is -0.0551. The highest BCUT2D eigenvalue weighted by molar-refractivity contribution is 6.22. The van der Waals surface area contributed by atoms with Crippen molar-refractivity contribution < 1.29 is 27.6 Å². The highest BCUT2D eigenvalue weighted by Crippen LogP contribution is 2.29. The fraction of sp³-hybridized carbons (Fsp3) is 0.125. The number of halogens is 3. The van der Waals surface area contributed by atoms with Gasteiger partial charge in [0.25, 0.3) is 5.91 Å². The van der Waals surface area contributed by atoms with Crippen LogP contribution in [-0.4, -0.2) is 28.8 Å². The first-order valence-electron chi connectivity index (χ1n) is 10.0. The topological polar surface area (TPSA) is 69.7 Å². The van der Waals surface area contributed by atoms with Crippen molar-refractivity contribution in [3.05, 3.63) is 95.8 Å². The standard InChI is InChI=1S/C24H18F3N3O3/c25-16-6-4-15(5-7-16)14-29-21(13-22(31)28-19-3-1-2-18(27)12-19)23(32)30(24(29)33)20-10-8-17(26)9-11-20/h1-12,21H,13-14H2,(H,28,31). The second kappa shape index (κ2) is 9.15. The maximum Gasteiger partial charge on any atom is 0.332 e. The Morgan fingerprint density at radius 1 is 0.848 bits per heavy atom. The summed E-state index contributed by atoms with van der Waals surface area (Å²) in [5, 5.41) is 2.51. The molecule has 1 N–H and O–H groups in total. The van der Waals surface area contributed by atoms with Crippen LogP contribution in [0.2, 0.25) is 0 Å². The van der Waals surface area contributed by atoms with Crippen molar-refractivity contribution in [1.82, 2.24) is 4.90 Å². The summed E-state index contributed by atoms with van der Waals surface area (Å²) in [7, 11) is 0. The summed E-state index contributed by atoms with van der Waals surface area (Å²) in [6.07, 6.45) is -0.389. The Balaban J connectivity index is 1.60. The van der Waals surface area contributed by atoms with E-state index in [2.05, 4.69) is 5.32 Å². The number of rotatable bonds is 6. The highest BCUT2D eigenvalue weighted by Gasteiger charge is 2.46. The molecule has 0 aliphatic carbocycles. The number of hydrogen-bond acceptors (Lipinski definition) is 3. The van der Waals surface area contributed by atoms with Gasteiger partial charge in [-0.15, -0.1) is 0 Å². The Morgan fingerprint density at radius 2 is 1.48 bits per heavy atom. The highest BCUT2D eigenvalue weighted by atomic mass is 19.1. The van der Waals surface area contributed by atoms with Gasteiger partial charge >= 0.3 is 6.03 Å². The van der Waals surface area contributed by atoms with Crippen molar-refractivity contribution in [3.8, 4) is 0 Å². The van der Waals surface area contributed by atoms with Gasteiger partial charge in [0.15, 0.2) is 0 Å². The molecule has 3 aromatic rings. The summed E-state index contributed by atoms with van der Waals surface area (Å²) in [4.78, 5) is 41.0. The Kier molecular flexibility index (Phi) is 6.12. The number of imide groups is 1. The van der Waals surface area contributed by atoms with E-state index in [4.69, 9.17) is 0 Å². The van der Waals surface area contributed by atoms with Crippen LogP contribution in [0.5, 0.6) is 0 Å². The zero-order valence-corrected chi connectivity index (χ0v) is 17.2. The molecule has 168 valence electrons. The molecule has 0 bridgehead atoms. The van der Waals surface area contributed by atoms with E-state index in [1.165, 1.54) is 59.5 Å². The molecule has 1 aliphatic rings. The van der Waals surface area contributed by atoms with Gasteiger partial charge in [0, 0.05) is 12.2 Å². The molecule has 0 radical (unpaired) electrons. The van der Waals surface area contributed by atoms with Crippen LogP contribution in [0.1, 0.15) is 12.0 Å². The summed E-state index contributed by atoms with van der Waals surface area (Å²) in [6, 6.07) is 13.6. The largest absolute Gasteiger partial charge is 0.332 e. The number of nitrogens with one attached hydrogen (secondary N) is 1. The van der Waals surface area contributed by atoms with Crippen LogP contribution in [-0.2, 0) is 16.1 Å². The number of hydrogen-bond donors (Lipinski definition) is 1. The molecule has 6 nitrogen and oxygen atoms in total. The van der Waals surface area contributed by atoms with Crippen molar-refractivity contribution in [2.75, 3.05) is 10.2 Å². The summed E-state index contributed by atoms with van der Waals surface area (Å²) >= 11 is 0. The number of anilines is 2. The van der Waals surface area contributed by atoms with E-state index in [0.717, 1.165) is 23.1 Å². The number of urea groups is 1. The second-order valence-corrected chi connectivity index (χ2v) is 7.47. The number of carbonyl (C=O) groups excluding carboxylic acids is 3. The van der Waals surface area contributed by atoms with E-state index in [0.29, 0.717) is 5.56 Å². The van der Waals surface area contributed by atoms with E-state index < -0.39 is 41.3 Å². The Bertz CT molecular complexity index is 1200. The van der Waals surface area contributed by atoms with Crippen molar-refractivity contribution in [3.63, 3.8) is 0 Å². The SMILES string of the molecule is O=C(CC1C(=O)N(c2ccc(F)cc2)C(=O)N1Cc1ccc(F)cc1)Nc1cccc(F)c1. The molecule has 0 saturated carbocycles. The van der Waals surface area contributed by atoms with Crippen LogP contribution in [0.4, 0.5) is 29.3 Å². The molecule has 9 heteroatoms. The third kappa shape index (κ3) is 4.87. The second-order valence-electron chi connectivity index (χ2n) is 7.47. The van der Waals surface area contributed by atoms with Gasteiger partial charge < -0.3 is 10.2 Å². The Labute approximate surface area is 187 Å². The van der Waals surface area contributed by atoms with Crippen LogP contribution in [0.3, 0.4) is 0 Å². The van der Waals surface area contributed by atoms with Gasteiger partial charge in [-0.2, -0.15) is 0 Å². The van der Waals surface area contributed by atoms with E-state index in [9.17, 15) is 27.6 Å². The fourth-order valence-corrected chi connectivity index (χ4v) is 3.58. The number of benzene rings is 3. The maximum atomic E-state index is 13.4. The van der Waals surface area contributed by atoms with Crippen molar-refractivity contribution in [2.24, 2.45) is 0 Å². The van der Waals surface area contributed by atoms with Gasteiger partial charge in [-0.1, -0.05) is 18.2 Å². The molecular formula is C24H18F3N3O3. The lowest BCUT2D eigenvalue weighted by Gasteiger charge is -2.21. The lowest BCUT2D eigenvalue weighted by Crippen LogP contribution is -2.37. The minimum atomic E-state index is -1.17. The molecule has 1 unspecified atom stereocenters. The van der Waals surface area contributed by atoms with Crippen molar-refractivity contribution >= 4 is 29.2 Å². The van der Waals surface area contributed by atoms with Gasteiger partial charge in [0.1, 0.15) is 23.5 Å². The number of amides is 4. The molecule has 1 atom stereocenters. The lowest BCUT2D eigenvalue weighted by molar-refractivity contribution is -0.124. The number of carbonyl (C=O) groups is 3. The zero-order valence-electron chi connectivity index (χ0n) is 17.2. The predicted molar refractivity (Wildman–Crippen MR) is 115 cm³/mol. The number of nitrogens with zero attached hydrogens (tertiary/aromatic N) is 2. The normalized spacial score (nSPS) is 15.8. The first kappa shape index (κ1) is 22.1. The van der Waals surface area contributed by atoms with E-state index in [-0.39, 0.29) is 24.3 Å². The van der Waals surface area contributed by atoms with Gasteiger partial charge in [0.2, 0.25) is 5.91 Å². The van der Waals surface area contributed by atoms with Crippen LogP contribution in [0.15, 0.2) is 72.8 Å². The van der Waals surface area contributed by atoms with Gasteiger partial charge in [-0.05, 0) is 60.2 Å². The van der Waals surface area contributed by atoms with Crippen LogP contribution in [0.25, 0.3) is 0 Å². The van der Waals surface area contributed by atoms with E-state index >= 15 is 0 Å². The third-order valence-electron chi connectivity index (χ3n) is 5.16. The first-order valence-corrected chi connectivity index (χ1v) is 10.0. The molecule has 1 saturated heterocycles. The quantitative estimate of drug-likeness (QED) is 0.560. The monoisotopic (exact) mass is 453 g/mol. The summed E-state index contributed by atoms with van der Waals surface area (Å²) < 4.78 is 40.0. The molecule has 0 spiro atoms. The smallest absolute Gasteiger partial charge is 0.326 e. The van der Waals surface area contributed by atoms with Gasteiger partial charge in [-0.25, -0.2) is 22.9 Å². The molecule has 0 aromatic heterocycles. The molecule has 1 heterocycles. The van der Waals surface area contributed by atoms with Crippen LogP contribution >= 0.6 is 0 Å². The molecule has 4 amide bonds. The van der Waals surface area contributed by atoms with E-state index in [1.807, 2.05) is 0 Å². The van der Waals surface area contributed by atoms with Crippen molar-refractivity contribution in [1.29, 1.82) is 0 Å². The van der Waals surface area contributed by atoms with Crippen molar-refractivity contribution in [2.45, 2.75) is 19.0 Å². The minimum Gasteiger partial charge on any atom is -0.326 e. The molecule has 33 heavy (non-hydrogen) atoms. The molecule has 4 rings (SSSR count). The zero-order chi connectivity index (χ0) is 23.5. The average molecular weight is 453 g/mol. The first-order chi connectivity index (χ1) is 15.8. The van der Waals surface area contributed by atoms with Crippen LogP contribution in [0, 0.1) is 17.5 Å². The molecule has 1 fully saturated rings. The van der Waals surface area contributed by atoms with Gasteiger partial charge in [-0.3, -0.25) is 9.59 Å². The Hall–Kier alpha value is -4.14. The summed E-state index contributed by atoms with van der Waals surface area (Å²) in [5.74, 6) is -2.80. The molecular weight excluding hydrogens is 435 g/mol. The third-order valence-corrected chi connectivity index (χ3v) is 5.16. The lowest BCUT2D eigenvalue weighted by atomic mass is 10.1. The van der Waals surface area contributed by atoms with Gasteiger partial charge in [0.05, 0.1) is 12.1 Å². The average Bonchev–Trinajstić information content (AvgIpc) is 3.00. The summed E-state index contributed by atoms with van der Waals surface area (Å²) in [5.41, 5.74) is 0.912. The van der Waals surface area contributed by atoms with Crippen LogP contribution < -0.4 is 10.2 Å². The van der Waals surface area contributed by atoms with E-state index in [1.54, 1.807) is 0 Å². The fourth-order valence-electron chi connectivity index (χ4n) is 3.58. The molecule has 3 aromatic carbocycles. The predicted octanol–water partition coefficient (Wildman–Crippen LogP) is 4.47.